The fourth-order valence-electron chi connectivity index (χ4n) is 3.24. The first-order chi connectivity index (χ1) is 9.18. The maximum Gasteiger partial charge on any atom is 0.00885 e. The van der Waals surface area contributed by atoms with Gasteiger partial charge in [0.25, 0.3) is 0 Å². The lowest BCUT2D eigenvalue weighted by molar-refractivity contribution is 0.320. The zero-order valence-electron chi connectivity index (χ0n) is 12.5. The number of fused-ring (bicyclic) bond motifs is 1. The highest BCUT2D eigenvalue weighted by Gasteiger charge is 2.35. The Morgan fingerprint density at radius 1 is 1.32 bits per heavy atom. The van der Waals surface area contributed by atoms with Crippen LogP contribution in [0.5, 0.6) is 0 Å². The van der Waals surface area contributed by atoms with Crippen molar-refractivity contribution in [2.45, 2.75) is 51.0 Å². The molecule has 2 heteroatoms. The van der Waals surface area contributed by atoms with E-state index >= 15 is 0 Å². The molecule has 0 bridgehead atoms. The fourth-order valence-corrected chi connectivity index (χ4v) is 3.83. The minimum absolute atomic E-state index is 0.363. The highest BCUT2D eigenvalue weighted by atomic mass is 32.2. The minimum atomic E-state index is 0.363. The van der Waals surface area contributed by atoms with E-state index < -0.39 is 0 Å². The second-order valence-corrected chi connectivity index (χ2v) is 7.06. The average molecular weight is 277 g/mol. The lowest BCUT2D eigenvalue weighted by atomic mass is 9.68. The van der Waals surface area contributed by atoms with E-state index in [1.165, 1.54) is 31.4 Å². The summed E-state index contributed by atoms with van der Waals surface area (Å²) in [7, 11) is 0. The SMILES string of the molecule is CSCCC1(CNC(C)C)CCCc2ccccc21. The van der Waals surface area contributed by atoms with Crippen molar-refractivity contribution in [3.8, 4) is 0 Å². The van der Waals surface area contributed by atoms with E-state index in [0.29, 0.717) is 11.5 Å². The van der Waals surface area contributed by atoms with Crippen LogP contribution in [0.15, 0.2) is 24.3 Å². The molecule has 0 heterocycles. The summed E-state index contributed by atoms with van der Waals surface area (Å²) in [5, 5.41) is 3.70. The highest BCUT2D eigenvalue weighted by Crippen LogP contribution is 2.40. The molecule has 0 saturated heterocycles. The Morgan fingerprint density at radius 3 is 2.84 bits per heavy atom. The van der Waals surface area contributed by atoms with E-state index in [9.17, 15) is 0 Å². The van der Waals surface area contributed by atoms with Crippen LogP contribution in [0.4, 0.5) is 0 Å². The van der Waals surface area contributed by atoms with Gasteiger partial charge in [-0.2, -0.15) is 11.8 Å². The maximum atomic E-state index is 3.70. The number of rotatable bonds is 6. The molecule has 1 aliphatic carbocycles. The van der Waals surface area contributed by atoms with Crippen LogP contribution in [0, 0.1) is 0 Å². The topological polar surface area (TPSA) is 12.0 Å². The maximum absolute atomic E-state index is 3.70. The summed E-state index contributed by atoms with van der Waals surface area (Å²) in [5.41, 5.74) is 3.56. The Hall–Kier alpha value is -0.470. The molecule has 1 N–H and O–H groups in total. The van der Waals surface area contributed by atoms with Crippen LogP contribution in [-0.4, -0.2) is 24.6 Å². The zero-order chi connectivity index (χ0) is 13.7. The van der Waals surface area contributed by atoms with Gasteiger partial charge in [-0.1, -0.05) is 38.1 Å². The average Bonchev–Trinajstić information content (AvgIpc) is 2.43. The number of hydrogen-bond acceptors (Lipinski definition) is 2. The third kappa shape index (κ3) is 3.55. The van der Waals surface area contributed by atoms with Crippen molar-refractivity contribution in [3.63, 3.8) is 0 Å². The van der Waals surface area contributed by atoms with Crippen molar-refractivity contribution in [1.29, 1.82) is 0 Å². The van der Waals surface area contributed by atoms with Gasteiger partial charge in [0.2, 0.25) is 0 Å². The zero-order valence-corrected chi connectivity index (χ0v) is 13.4. The van der Waals surface area contributed by atoms with Gasteiger partial charge in [0.1, 0.15) is 0 Å². The lowest BCUT2D eigenvalue weighted by Gasteiger charge is -2.40. The molecule has 1 atom stereocenters. The monoisotopic (exact) mass is 277 g/mol. The summed E-state index contributed by atoms with van der Waals surface area (Å²) in [6, 6.07) is 9.68. The molecule has 0 radical (unpaired) electrons. The lowest BCUT2D eigenvalue weighted by Crippen LogP contribution is -2.43. The van der Waals surface area contributed by atoms with Gasteiger partial charge in [0, 0.05) is 18.0 Å². The Morgan fingerprint density at radius 2 is 2.11 bits per heavy atom. The molecule has 0 spiro atoms. The molecule has 106 valence electrons. The predicted molar refractivity (Wildman–Crippen MR) is 87.2 cm³/mol. The van der Waals surface area contributed by atoms with Gasteiger partial charge in [-0.05, 0) is 48.8 Å². The minimum Gasteiger partial charge on any atom is -0.314 e. The van der Waals surface area contributed by atoms with Gasteiger partial charge in [-0.3, -0.25) is 0 Å². The predicted octanol–water partition coefficient (Wildman–Crippen LogP) is 4.01. The summed E-state index contributed by atoms with van der Waals surface area (Å²) in [6.45, 7) is 5.62. The van der Waals surface area contributed by atoms with Gasteiger partial charge < -0.3 is 5.32 Å². The fraction of sp³-hybridized carbons (Fsp3) is 0.647. The molecule has 0 aliphatic heterocycles. The van der Waals surface area contributed by atoms with E-state index in [0.717, 1.165) is 6.54 Å². The number of nitrogens with one attached hydrogen (secondary N) is 1. The first-order valence-electron chi connectivity index (χ1n) is 7.49. The normalized spacial score (nSPS) is 22.5. The van der Waals surface area contributed by atoms with Crippen LogP contribution in [0.1, 0.15) is 44.2 Å². The molecular formula is C17H27NS. The third-order valence-electron chi connectivity index (χ3n) is 4.32. The van der Waals surface area contributed by atoms with Gasteiger partial charge in [-0.15, -0.1) is 0 Å². The Labute approximate surface area is 122 Å². The molecule has 19 heavy (non-hydrogen) atoms. The van der Waals surface area contributed by atoms with Crippen LogP contribution in [0.2, 0.25) is 0 Å². The van der Waals surface area contributed by atoms with Crippen molar-refractivity contribution >= 4 is 11.8 Å². The highest BCUT2D eigenvalue weighted by molar-refractivity contribution is 7.98. The van der Waals surface area contributed by atoms with E-state index in [1.54, 1.807) is 11.1 Å². The third-order valence-corrected chi connectivity index (χ3v) is 4.94. The Kier molecular flexibility index (Phi) is 5.35. The van der Waals surface area contributed by atoms with Crippen LogP contribution >= 0.6 is 11.8 Å². The van der Waals surface area contributed by atoms with Crippen molar-refractivity contribution < 1.29 is 0 Å². The molecule has 0 fully saturated rings. The Balaban J connectivity index is 2.27. The molecule has 1 unspecified atom stereocenters. The number of thioether (sulfide) groups is 1. The number of hydrogen-bond donors (Lipinski definition) is 1. The van der Waals surface area contributed by atoms with Gasteiger partial charge in [0.05, 0.1) is 0 Å². The van der Waals surface area contributed by atoms with Crippen molar-refractivity contribution in [3.05, 3.63) is 35.4 Å². The molecule has 1 aromatic rings. The van der Waals surface area contributed by atoms with Crippen molar-refractivity contribution in [2.75, 3.05) is 18.6 Å². The molecule has 1 aromatic carbocycles. The molecule has 0 aromatic heterocycles. The van der Waals surface area contributed by atoms with Gasteiger partial charge in [0.15, 0.2) is 0 Å². The molecule has 0 amide bonds. The molecule has 0 saturated carbocycles. The second kappa shape index (κ2) is 6.81. The number of aryl methyl sites for hydroxylation is 1. The Bertz CT molecular complexity index is 402. The summed E-state index contributed by atoms with van der Waals surface area (Å²) in [5.74, 6) is 1.26. The van der Waals surface area contributed by atoms with Crippen molar-refractivity contribution in [2.24, 2.45) is 0 Å². The molecule has 2 rings (SSSR count). The van der Waals surface area contributed by atoms with Crippen LogP contribution in [-0.2, 0) is 11.8 Å². The van der Waals surface area contributed by atoms with E-state index in [2.05, 4.69) is 49.7 Å². The van der Waals surface area contributed by atoms with E-state index in [4.69, 9.17) is 0 Å². The van der Waals surface area contributed by atoms with Gasteiger partial charge in [-0.25, -0.2) is 0 Å². The standard InChI is InChI=1S/C17H27NS/c1-14(2)18-13-17(11-12-19-3)10-6-8-15-7-4-5-9-16(15)17/h4-5,7,9,14,18H,6,8,10-13H2,1-3H3. The van der Waals surface area contributed by atoms with Crippen LogP contribution < -0.4 is 5.32 Å². The van der Waals surface area contributed by atoms with E-state index in [-0.39, 0.29) is 0 Å². The smallest absolute Gasteiger partial charge is 0.00885 e. The molecular weight excluding hydrogens is 250 g/mol. The molecule has 1 aliphatic rings. The molecule has 1 nitrogen and oxygen atoms in total. The first kappa shape index (κ1) is 14.9. The number of benzene rings is 1. The summed E-state index contributed by atoms with van der Waals surface area (Å²) in [4.78, 5) is 0. The summed E-state index contributed by atoms with van der Waals surface area (Å²) in [6.07, 6.45) is 7.46. The van der Waals surface area contributed by atoms with Gasteiger partial charge >= 0.3 is 0 Å². The van der Waals surface area contributed by atoms with Crippen LogP contribution in [0.3, 0.4) is 0 Å². The van der Waals surface area contributed by atoms with Crippen molar-refractivity contribution in [1.82, 2.24) is 5.32 Å². The summed E-state index contributed by atoms with van der Waals surface area (Å²) >= 11 is 1.97. The van der Waals surface area contributed by atoms with E-state index in [1.807, 2.05) is 11.8 Å². The second-order valence-electron chi connectivity index (χ2n) is 6.07. The quantitative estimate of drug-likeness (QED) is 0.843. The van der Waals surface area contributed by atoms with Crippen LogP contribution in [0.25, 0.3) is 0 Å². The largest absolute Gasteiger partial charge is 0.314 e. The first-order valence-corrected chi connectivity index (χ1v) is 8.88. The summed E-state index contributed by atoms with van der Waals surface area (Å²) < 4.78 is 0.